The summed E-state index contributed by atoms with van der Waals surface area (Å²) in [7, 11) is 0. The molecule has 2 aromatic heterocycles. The normalized spacial score (nSPS) is 15.1. The number of aliphatic hydroxyl groups excluding tert-OH is 1. The van der Waals surface area contributed by atoms with Crippen molar-refractivity contribution in [2.45, 2.75) is 120 Å². The summed E-state index contributed by atoms with van der Waals surface area (Å²) in [6, 6.07) is 16.8. The molecule has 4 aromatic rings. The quantitative estimate of drug-likeness (QED) is 0.0791. The molecule has 1 fully saturated rings. The van der Waals surface area contributed by atoms with Crippen molar-refractivity contribution in [3.63, 3.8) is 0 Å². The van der Waals surface area contributed by atoms with Crippen LogP contribution in [-0.4, -0.2) is 20.9 Å². The molecule has 5 rings (SSSR count). The molecule has 1 aliphatic carbocycles. The van der Waals surface area contributed by atoms with Gasteiger partial charge in [0.05, 0.1) is 11.5 Å². The van der Waals surface area contributed by atoms with Gasteiger partial charge in [-0.2, -0.15) is 0 Å². The van der Waals surface area contributed by atoms with Crippen molar-refractivity contribution in [2.75, 3.05) is 0 Å². The molecule has 0 aliphatic heterocycles. The topological polar surface area (TPSA) is 63.1 Å². The zero-order chi connectivity index (χ0) is 33.6. The number of hydrogen-bond donors (Lipinski definition) is 1. The molecule has 4 nitrogen and oxygen atoms in total. The third kappa shape index (κ3) is 9.39. The molecule has 1 radical (unpaired) electrons. The van der Waals surface area contributed by atoms with Gasteiger partial charge >= 0.3 is 0 Å². The molecule has 255 valence electrons. The van der Waals surface area contributed by atoms with Crippen LogP contribution in [0.4, 0.5) is 0 Å². The van der Waals surface area contributed by atoms with E-state index in [9.17, 15) is 9.90 Å². The molecular formula is C42H55IrN2O2-. The van der Waals surface area contributed by atoms with Crippen LogP contribution in [0.3, 0.4) is 0 Å². The van der Waals surface area contributed by atoms with Gasteiger partial charge in [0, 0.05) is 61.2 Å². The van der Waals surface area contributed by atoms with Crippen molar-refractivity contribution < 1.29 is 30.0 Å². The van der Waals surface area contributed by atoms with Crippen molar-refractivity contribution in [3.8, 4) is 11.3 Å². The first kappa shape index (κ1) is 38.6. The number of allylic oxidation sites excluding steroid dienone is 2. The maximum absolute atomic E-state index is 11.7. The molecule has 2 aromatic carbocycles. The fraction of sp³-hybridized carbons (Fsp3) is 0.500. The molecular weight excluding hydrogens is 757 g/mol. The Balaban J connectivity index is 0.000000322. The number of carbonyl (C=O) groups is 1. The molecule has 0 unspecified atom stereocenters. The number of rotatable bonds is 9. The van der Waals surface area contributed by atoms with Crippen molar-refractivity contribution in [1.82, 2.24) is 9.97 Å². The fourth-order valence-corrected chi connectivity index (χ4v) is 7.15. The number of pyridine rings is 2. The van der Waals surface area contributed by atoms with Crippen LogP contribution in [-0.2, 0) is 24.9 Å². The van der Waals surface area contributed by atoms with Crippen molar-refractivity contribution in [1.29, 1.82) is 0 Å². The molecule has 1 N–H and O–H groups in total. The molecule has 5 heteroatoms. The summed E-state index contributed by atoms with van der Waals surface area (Å²) in [5, 5.41) is 14.8. The van der Waals surface area contributed by atoms with E-state index in [1.54, 1.807) is 0 Å². The number of aryl methyl sites for hydroxylation is 3. The van der Waals surface area contributed by atoms with E-state index in [1.807, 2.05) is 33.9 Å². The van der Waals surface area contributed by atoms with E-state index in [4.69, 9.17) is 9.97 Å². The minimum atomic E-state index is 0. The van der Waals surface area contributed by atoms with Crippen LogP contribution in [0, 0.1) is 44.1 Å². The van der Waals surface area contributed by atoms with Crippen LogP contribution in [0.5, 0.6) is 0 Å². The van der Waals surface area contributed by atoms with Crippen molar-refractivity contribution in [2.24, 2.45) is 17.3 Å². The second-order valence-corrected chi connectivity index (χ2v) is 14.3. The van der Waals surface area contributed by atoms with E-state index in [0.717, 1.165) is 48.2 Å². The maximum Gasteiger partial charge on any atom is 0.162 e. The first-order chi connectivity index (χ1) is 21.9. The molecule has 1 aliphatic rings. The van der Waals surface area contributed by atoms with E-state index >= 15 is 0 Å². The Morgan fingerprint density at radius 1 is 0.894 bits per heavy atom. The zero-order valence-corrected chi connectivity index (χ0v) is 32.5. The largest absolute Gasteiger partial charge is 0.512 e. The van der Waals surface area contributed by atoms with Crippen LogP contribution in [0.15, 0.2) is 54.4 Å². The van der Waals surface area contributed by atoms with E-state index in [1.165, 1.54) is 64.6 Å². The Morgan fingerprint density at radius 2 is 1.51 bits per heavy atom. The maximum atomic E-state index is 11.7. The predicted molar refractivity (Wildman–Crippen MR) is 194 cm³/mol. The van der Waals surface area contributed by atoms with Gasteiger partial charge in [0.1, 0.15) is 0 Å². The van der Waals surface area contributed by atoms with Gasteiger partial charge in [-0.05, 0) is 97.7 Å². The second kappa shape index (κ2) is 17.0. The smallest absolute Gasteiger partial charge is 0.162 e. The Bertz CT molecular complexity index is 1670. The van der Waals surface area contributed by atoms with Gasteiger partial charge in [-0.15, -0.1) is 34.9 Å². The first-order valence-electron chi connectivity index (χ1n) is 17.5. The molecule has 47 heavy (non-hydrogen) atoms. The monoisotopic (exact) mass is 812 g/mol. The molecule has 0 atom stereocenters. The number of nitrogens with zero attached hydrogens (tertiary/aromatic N) is 2. The van der Waals surface area contributed by atoms with Crippen LogP contribution >= 0.6 is 0 Å². The van der Waals surface area contributed by atoms with E-state index < -0.39 is 0 Å². The molecule has 0 bridgehead atoms. The van der Waals surface area contributed by atoms with Gasteiger partial charge in [-0.1, -0.05) is 67.5 Å². The second-order valence-electron chi connectivity index (χ2n) is 14.3. The fourth-order valence-electron chi connectivity index (χ4n) is 7.15. The number of aromatic nitrogens is 2. The summed E-state index contributed by atoms with van der Waals surface area (Å²) in [4.78, 5) is 21.5. The van der Waals surface area contributed by atoms with E-state index in [-0.39, 0.29) is 43.5 Å². The summed E-state index contributed by atoms with van der Waals surface area (Å²) in [5.74, 6) is 1.10. The number of carbonyl (C=O) groups excluding carboxylic acids is 1. The molecule has 1 saturated carbocycles. The van der Waals surface area contributed by atoms with Gasteiger partial charge in [0.25, 0.3) is 0 Å². The Kier molecular flexibility index (Phi) is 13.9. The van der Waals surface area contributed by atoms with Gasteiger partial charge in [-0.3, -0.25) is 9.78 Å². The third-order valence-electron chi connectivity index (χ3n) is 10.1. The minimum absolute atomic E-state index is 0. The molecule has 0 saturated heterocycles. The van der Waals surface area contributed by atoms with E-state index in [2.05, 4.69) is 77.1 Å². The average Bonchev–Trinajstić information content (AvgIpc) is 3.01. The molecule has 0 amide bonds. The van der Waals surface area contributed by atoms with Crippen LogP contribution in [0.1, 0.15) is 121 Å². The third-order valence-corrected chi connectivity index (χ3v) is 10.1. The number of ketones is 1. The van der Waals surface area contributed by atoms with Gasteiger partial charge in [0.15, 0.2) is 5.78 Å². The number of aliphatic hydroxyl groups is 1. The Labute approximate surface area is 297 Å². The zero-order valence-electron chi connectivity index (χ0n) is 30.1. The SMILES string of the molecule is CCC(CC)C(=O)/C=C(\O)C(CC)CC.Cc1[c-]c(-c2nccc3c2ccc2c(C4CCC(C)(C)CC4)nc(C)cc23)cc(C)c1.[Ir]. The molecule has 2 heterocycles. The van der Waals surface area contributed by atoms with Gasteiger partial charge < -0.3 is 10.1 Å². The van der Waals surface area contributed by atoms with Crippen LogP contribution in [0.25, 0.3) is 32.8 Å². The summed E-state index contributed by atoms with van der Waals surface area (Å²) in [5.41, 5.74) is 7.35. The van der Waals surface area contributed by atoms with Crippen molar-refractivity contribution in [3.05, 3.63) is 83.0 Å². The standard InChI is InChI=1S/C29H31N2.C13H24O2.Ir/c1-18-14-19(2)16-22(15-18)27-24-6-7-25-26(23(24)10-13-30-27)17-20(3)31-28(25)21-8-11-29(4,5)12-9-21;1-5-10(6-2)12(14)9-13(15)11(7-3)8-4;/h6-7,10,13-15,17,21H,8-9,11-12H2,1-5H3;9-11,14H,5-8H2,1-4H3;/q-1;;/b;12-9-;. The van der Waals surface area contributed by atoms with E-state index in [0.29, 0.717) is 11.3 Å². The van der Waals surface area contributed by atoms with Crippen LogP contribution < -0.4 is 0 Å². The number of benzene rings is 2. The van der Waals surface area contributed by atoms with Gasteiger partial charge in [-0.25, -0.2) is 0 Å². The first-order valence-corrected chi connectivity index (χ1v) is 17.5. The Hall–Kier alpha value is -2.88. The number of fused-ring (bicyclic) bond motifs is 3. The number of hydrogen-bond acceptors (Lipinski definition) is 4. The van der Waals surface area contributed by atoms with Crippen molar-refractivity contribution >= 4 is 27.3 Å². The predicted octanol–water partition coefficient (Wildman–Crippen LogP) is 11.7. The Morgan fingerprint density at radius 3 is 2.11 bits per heavy atom. The minimum Gasteiger partial charge on any atom is -0.512 e. The molecule has 0 spiro atoms. The summed E-state index contributed by atoms with van der Waals surface area (Å²) >= 11 is 0. The van der Waals surface area contributed by atoms with Crippen LogP contribution in [0.2, 0.25) is 0 Å². The van der Waals surface area contributed by atoms with Gasteiger partial charge in [0.2, 0.25) is 0 Å². The summed E-state index contributed by atoms with van der Waals surface area (Å²) < 4.78 is 0. The summed E-state index contributed by atoms with van der Waals surface area (Å²) in [6.07, 6.45) is 11.9. The summed E-state index contributed by atoms with van der Waals surface area (Å²) in [6.45, 7) is 19.2. The average molecular weight is 812 g/mol.